The van der Waals surface area contributed by atoms with Crippen LogP contribution in [0.3, 0.4) is 0 Å². The molecule has 1 fully saturated rings. The third kappa shape index (κ3) is 4.74. The summed E-state index contributed by atoms with van der Waals surface area (Å²) in [7, 11) is 0. The van der Waals surface area contributed by atoms with Crippen LogP contribution < -0.4 is 10.2 Å². The number of ether oxygens (including phenoxy) is 1. The number of hydrogen-bond acceptors (Lipinski definition) is 4. The van der Waals surface area contributed by atoms with Crippen LogP contribution in [0.4, 0.5) is 11.4 Å². The number of nitrogens with zero attached hydrogens (tertiary/aromatic N) is 2. The van der Waals surface area contributed by atoms with E-state index in [1.54, 1.807) is 12.1 Å². The minimum Gasteiger partial charge on any atom is -0.377 e. The Kier molecular flexibility index (Phi) is 6.21. The molecule has 5 nitrogen and oxygen atoms in total. The molecule has 1 aliphatic heterocycles. The zero-order valence-corrected chi connectivity index (χ0v) is 18.1. The van der Waals surface area contributed by atoms with E-state index >= 15 is 0 Å². The van der Waals surface area contributed by atoms with Gasteiger partial charge in [0.2, 0.25) is 5.91 Å². The Morgan fingerprint density at radius 1 is 1.23 bits per heavy atom. The van der Waals surface area contributed by atoms with Crippen molar-refractivity contribution in [1.82, 2.24) is 4.98 Å². The number of pyridine rings is 1. The molecule has 1 amide bonds. The molecule has 2 heterocycles. The van der Waals surface area contributed by atoms with Crippen LogP contribution in [0.1, 0.15) is 24.6 Å². The van der Waals surface area contributed by atoms with E-state index in [0.717, 1.165) is 54.0 Å². The maximum atomic E-state index is 12.5. The van der Waals surface area contributed by atoms with Gasteiger partial charge in [-0.3, -0.25) is 9.78 Å². The molecule has 6 heteroatoms. The molecule has 1 aliphatic rings. The SMILES string of the molecule is CCO[C@H]1CCN(c2cc(C)nc3cc(NC(=O)Cc4ccc(Cl)cc4)ccc23)C1. The molecule has 0 aliphatic carbocycles. The summed E-state index contributed by atoms with van der Waals surface area (Å²) in [4.78, 5) is 19.5. The molecule has 0 spiro atoms. The van der Waals surface area contributed by atoms with E-state index < -0.39 is 0 Å². The second kappa shape index (κ2) is 9.02. The fourth-order valence-corrected chi connectivity index (χ4v) is 4.12. The highest BCUT2D eigenvalue weighted by atomic mass is 35.5. The van der Waals surface area contributed by atoms with Crippen molar-refractivity contribution in [3.05, 3.63) is 64.8 Å². The topological polar surface area (TPSA) is 54.5 Å². The van der Waals surface area contributed by atoms with Gasteiger partial charge in [0.25, 0.3) is 0 Å². The van der Waals surface area contributed by atoms with E-state index in [2.05, 4.69) is 16.3 Å². The highest BCUT2D eigenvalue weighted by Crippen LogP contribution is 2.31. The van der Waals surface area contributed by atoms with Gasteiger partial charge in [0.05, 0.1) is 18.0 Å². The molecule has 2 aromatic carbocycles. The van der Waals surface area contributed by atoms with Gasteiger partial charge in [-0.2, -0.15) is 0 Å². The van der Waals surface area contributed by atoms with Gasteiger partial charge >= 0.3 is 0 Å². The van der Waals surface area contributed by atoms with E-state index in [9.17, 15) is 4.79 Å². The molecule has 0 bridgehead atoms. The van der Waals surface area contributed by atoms with Crippen LogP contribution in [0.5, 0.6) is 0 Å². The highest BCUT2D eigenvalue weighted by Gasteiger charge is 2.24. The molecule has 1 atom stereocenters. The molecule has 3 aromatic rings. The van der Waals surface area contributed by atoms with Gasteiger partial charge < -0.3 is 15.0 Å². The number of carbonyl (C=O) groups is 1. The fraction of sp³-hybridized carbons (Fsp3) is 0.333. The zero-order valence-electron chi connectivity index (χ0n) is 17.3. The van der Waals surface area contributed by atoms with Crippen molar-refractivity contribution < 1.29 is 9.53 Å². The number of benzene rings is 2. The van der Waals surface area contributed by atoms with Gasteiger partial charge in [-0.25, -0.2) is 0 Å². The first-order chi connectivity index (χ1) is 14.5. The van der Waals surface area contributed by atoms with E-state index in [0.29, 0.717) is 11.4 Å². The first-order valence-electron chi connectivity index (χ1n) is 10.3. The van der Waals surface area contributed by atoms with Crippen molar-refractivity contribution >= 4 is 39.8 Å². The van der Waals surface area contributed by atoms with Gasteiger partial charge in [0.1, 0.15) is 0 Å². The number of fused-ring (bicyclic) bond motifs is 1. The number of carbonyl (C=O) groups excluding carboxylic acids is 1. The molecule has 0 radical (unpaired) electrons. The van der Waals surface area contributed by atoms with E-state index in [-0.39, 0.29) is 12.0 Å². The third-order valence-electron chi connectivity index (χ3n) is 5.37. The number of hydrogen-bond donors (Lipinski definition) is 1. The molecular formula is C24H26ClN3O2. The quantitative estimate of drug-likeness (QED) is 0.606. The van der Waals surface area contributed by atoms with Gasteiger partial charge in [0, 0.05) is 47.2 Å². The van der Waals surface area contributed by atoms with Crippen molar-refractivity contribution in [2.75, 3.05) is 29.9 Å². The summed E-state index contributed by atoms with van der Waals surface area (Å²) in [6.07, 6.45) is 1.62. The van der Waals surface area contributed by atoms with Crippen LogP contribution in [0, 0.1) is 6.92 Å². The standard InChI is InChI=1S/C24H26ClN3O2/c1-3-30-20-10-11-28(15-20)23-12-16(2)26-22-14-19(8-9-21(22)23)27-24(29)13-17-4-6-18(25)7-5-17/h4-9,12,14,20H,3,10-11,13,15H2,1-2H3,(H,27,29)/t20-/m0/s1. The van der Waals surface area contributed by atoms with Gasteiger partial charge in [-0.1, -0.05) is 23.7 Å². The smallest absolute Gasteiger partial charge is 0.228 e. The summed E-state index contributed by atoms with van der Waals surface area (Å²) in [6, 6.07) is 15.4. The Balaban J connectivity index is 1.52. The van der Waals surface area contributed by atoms with Gasteiger partial charge in [-0.05, 0) is 62.2 Å². The lowest BCUT2D eigenvalue weighted by Crippen LogP contribution is -2.23. The van der Waals surface area contributed by atoms with Crippen molar-refractivity contribution in [2.45, 2.75) is 32.8 Å². The third-order valence-corrected chi connectivity index (χ3v) is 5.62. The van der Waals surface area contributed by atoms with Crippen molar-refractivity contribution in [3.8, 4) is 0 Å². The summed E-state index contributed by atoms with van der Waals surface area (Å²) < 4.78 is 5.80. The van der Waals surface area contributed by atoms with Gasteiger partial charge in [0.15, 0.2) is 0 Å². The van der Waals surface area contributed by atoms with Crippen LogP contribution in [0.2, 0.25) is 5.02 Å². The summed E-state index contributed by atoms with van der Waals surface area (Å²) in [5.74, 6) is -0.0661. The van der Waals surface area contributed by atoms with Crippen LogP contribution in [0.25, 0.3) is 10.9 Å². The molecule has 30 heavy (non-hydrogen) atoms. The molecular weight excluding hydrogens is 398 g/mol. The van der Waals surface area contributed by atoms with Crippen molar-refractivity contribution in [3.63, 3.8) is 0 Å². The van der Waals surface area contributed by atoms with Crippen LogP contribution in [-0.2, 0) is 16.0 Å². The molecule has 1 N–H and O–H groups in total. The second-order valence-corrected chi connectivity index (χ2v) is 8.11. The number of halogens is 1. The second-order valence-electron chi connectivity index (χ2n) is 7.68. The number of anilines is 2. The average Bonchev–Trinajstić information content (AvgIpc) is 3.17. The predicted octanol–water partition coefficient (Wildman–Crippen LogP) is 4.99. The molecule has 0 saturated carbocycles. The normalized spacial score (nSPS) is 16.2. The Labute approximate surface area is 182 Å². The van der Waals surface area contributed by atoms with Gasteiger partial charge in [-0.15, -0.1) is 0 Å². The minimum atomic E-state index is -0.0661. The van der Waals surface area contributed by atoms with E-state index in [1.807, 2.05) is 44.2 Å². The lowest BCUT2D eigenvalue weighted by atomic mass is 10.1. The Morgan fingerprint density at radius 2 is 2.03 bits per heavy atom. The zero-order chi connectivity index (χ0) is 21.1. The van der Waals surface area contributed by atoms with Crippen molar-refractivity contribution in [2.24, 2.45) is 0 Å². The summed E-state index contributed by atoms with van der Waals surface area (Å²) in [5, 5.41) is 4.74. The summed E-state index contributed by atoms with van der Waals surface area (Å²) in [5.41, 5.74) is 4.70. The molecule has 4 rings (SSSR count). The van der Waals surface area contributed by atoms with E-state index in [4.69, 9.17) is 21.3 Å². The van der Waals surface area contributed by atoms with Crippen LogP contribution >= 0.6 is 11.6 Å². The maximum Gasteiger partial charge on any atom is 0.228 e. The van der Waals surface area contributed by atoms with E-state index in [1.165, 1.54) is 5.69 Å². The molecule has 1 saturated heterocycles. The summed E-state index contributed by atoms with van der Waals surface area (Å²) in [6.45, 7) is 6.66. The summed E-state index contributed by atoms with van der Waals surface area (Å²) >= 11 is 5.91. The molecule has 1 aromatic heterocycles. The fourth-order valence-electron chi connectivity index (χ4n) is 3.99. The number of nitrogens with one attached hydrogen (secondary N) is 1. The predicted molar refractivity (Wildman–Crippen MR) is 123 cm³/mol. The monoisotopic (exact) mass is 423 g/mol. The largest absolute Gasteiger partial charge is 0.377 e. The van der Waals surface area contributed by atoms with Crippen LogP contribution in [-0.4, -0.2) is 36.7 Å². The number of rotatable bonds is 6. The lowest BCUT2D eigenvalue weighted by Gasteiger charge is -2.21. The average molecular weight is 424 g/mol. The number of amides is 1. The number of aromatic nitrogens is 1. The lowest BCUT2D eigenvalue weighted by molar-refractivity contribution is -0.115. The molecule has 156 valence electrons. The first-order valence-corrected chi connectivity index (χ1v) is 10.7. The van der Waals surface area contributed by atoms with Crippen LogP contribution in [0.15, 0.2) is 48.5 Å². The Hall–Kier alpha value is -2.63. The Bertz CT molecular complexity index is 1050. The highest BCUT2D eigenvalue weighted by molar-refractivity contribution is 6.30. The minimum absolute atomic E-state index is 0.0661. The molecule has 0 unspecified atom stereocenters. The van der Waals surface area contributed by atoms with Crippen molar-refractivity contribution in [1.29, 1.82) is 0 Å². The first kappa shape index (κ1) is 20.6. The number of aryl methyl sites for hydroxylation is 1. The maximum absolute atomic E-state index is 12.5. The Morgan fingerprint density at radius 3 is 2.80 bits per heavy atom.